The molecule has 2 aromatic carbocycles. The topological polar surface area (TPSA) is 12.5 Å². The molecule has 3 rings (SSSR count). The minimum atomic E-state index is -0.265. The van der Waals surface area contributed by atoms with Gasteiger partial charge < -0.3 is 9.64 Å². The number of ether oxygens (including phenoxy) is 1. The Morgan fingerprint density at radius 3 is 2.43 bits per heavy atom. The first kappa shape index (κ1) is 14.5. The van der Waals surface area contributed by atoms with Gasteiger partial charge in [-0.25, -0.2) is 4.39 Å². The highest BCUT2D eigenvalue weighted by atomic mass is 35.5. The fourth-order valence-electron chi connectivity index (χ4n) is 2.45. The molecule has 0 aromatic heterocycles. The Morgan fingerprint density at radius 1 is 0.952 bits per heavy atom. The van der Waals surface area contributed by atoms with Crippen molar-refractivity contribution >= 4 is 28.9 Å². The maximum atomic E-state index is 13.5. The lowest BCUT2D eigenvalue weighted by molar-refractivity contribution is 0.480. The van der Waals surface area contributed by atoms with E-state index in [4.69, 9.17) is 27.9 Å². The SMILES string of the molecule is Fc1ccc(Oc2ccc(Cl)c(Cl)c2)c(N2CCCC2)c1. The molecule has 0 amide bonds. The number of halogens is 3. The van der Waals surface area contributed by atoms with Crippen LogP contribution in [0.25, 0.3) is 0 Å². The van der Waals surface area contributed by atoms with Crippen molar-refractivity contribution in [3.8, 4) is 11.5 Å². The summed E-state index contributed by atoms with van der Waals surface area (Å²) in [7, 11) is 0. The summed E-state index contributed by atoms with van der Waals surface area (Å²) in [5.41, 5.74) is 0.776. The van der Waals surface area contributed by atoms with Crippen LogP contribution in [0.1, 0.15) is 12.8 Å². The molecule has 1 fully saturated rings. The van der Waals surface area contributed by atoms with E-state index in [2.05, 4.69) is 4.90 Å². The van der Waals surface area contributed by atoms with Crippen LogP contribution in [-0.4, -0.2) is 13.1 Å². The lowest BCUT2D eigenvalue weighted by Crippen LogP contribution is -2.18. The molecular formula is C16H14Cl2FNO. The van der Waals surface area contributed by atoms with Crippen molar-refractivity contribution in [1.29, 1.82) is 0 Å². The second-order valence-corrected chi connectivity index (χ2v) is 5.80. The highest BCUT2D eigenvalue weighted by molar-refractivity contribution is 6.42. The first-order valence-electron chi connectivity index (χ1n) is 6.81. The molecule has 0 saturated carbocycles. The van der Waals surface area contributed by atoms with Gasteiger partial charge in [0.15, 0.2) is 5.75 Å². The van der Waals surface area contributed by atoms with Crippen LogP contribution in [0.3, 0.4) is 0 Å². The standard InChI is InChI=1S/C16H14Cl2FNO/c17-13-5-4-12(10-14(13)18)21-16-6-3-11(19)9-15(16)20-7-1-2-8-20/h3-6,9-10H,1-2,7-8H2. The van der Waals surface area contributed by atoms with E-state index in [1.54, 1.807) is 24.3 Å². The molecule has 5 heteroatoms. The highest BCUT2D eigenvalue weighted by Crippen LogP contribution is 2.36. The first-order chi connectivity index (χ1) is 10.1. The van der Waals surface area contributed by atoms with Crippen LogP contribution in [0.4, 0.5) is 10.1 Å². The van der Waals surface area contributed by atoms with Crippen molar-refractivity contribution in [1.82, 2.24) is 0 Å². The zero-order valence-electron chi connectivity index (χ0n) is 11.3. The Kier molecular flexibility index (Phi) is 4.22. The van der Waals surface area contributed by atoms with Gasteiger partial charge >= 0.3 is 0 Å². The summed E-state index contributed by atoms with van der Waals surface area (Å²) in [4.78, 5) is 2.13. The molecule has 0 unspecified atom stereocenters. The molecule has 1 aliphatic heterocycles. The van der Waals surface area contributed by atoms with E-state index in [1.807, 2.05) is 0 Å². The van der Waals surface area contributed by atoms with Gasteiger partial charge in [0.05, 0.1) is 15.7 Å². The van der Waals surface area contributed by atoms with Crippen molar-refractivity contribution in [2.75, 3.05) is 18.0 Å². The zero-order valence-corrected chi connectivity index (χ0v) is 12.8. The summed E-state index contributed by atoms with van der Waals surface area (Å²) < 4.78 is 19.4. The van der Waals surface area contributed by atoms with Gasteiger partial charge in [0, 0.05) is 25.2 Å². The number of hydrogen-bond donors (Lipinski definition) is 0. The molecule has 2 aromatic rings. The quantitative estimate of drug-likeness (QED) is 0.736. The third-order valence-electron chi connectivity index (χ3n) is 3.49. The van der Waals surface area contributed by atoms with Crippen molar-refractivity contribution in [2.45, 2.75) is 12.8 Å². The van der Waals surface area contributed by atoms with E-state index in [0.717, 1.165) is 31.6 Å². The Bertz CT molecular complexity index is 657. The molecular weight excluding hydrogens is 312 g/mol. The van der Waals surface area contributed by atoms with Crippen LogP contribution in [0, 0.1) is 5.82 Å². The molecule has 1 heterocycles. The molecule has 0 bridgehead atoms. The Balaban J connectivity index is 1.92. The maximum Gasteiger partial charge on any atom is 0.150 e. The lowest BCUT2D eigenvalue weighted by Gasteiger charge is -2.21. The van der Waals surface area contributed by atoms with E-state index >= 15 is 0 Å². The van der Waals surface area contributed by atoms with E-state index in [9.17, 15) is 4.39 Å². The van der Waals surface area contributed by atoms with Gasteiger partial charge in [0.2, 0.25) is 0 Å². The fraction of sp³-hybridized carbons (Fsp3) is 0.250. The van der Waals surface area contributed by atoms with E-state index in [0.29, 0.717) is 21.5 Å². The second-order valence-electron chi connectivity index (χ2n) is 4.98. The third-order valence-corrected chi connectivity index (χ3v) is 4.23. The van der Waals surface area contributed by atoms with E-state index < -0.39 is 0 Å². The van der Waals surface area contributed by atoms with Crippen LogP contribution in [-0.2, 0) is 0 Å². The van der Waals surface area contributed by atoms with Crippen molar-refractivity contribution in [3.63, 3.8) is 0 Å². The van der Waals surface area contributed by atoms with Crippen LogP contribution in [0.5, 0.6) is 11.5 Å². The minimum absolute atomic E-state index is 0.265. The third kappa shape index (κ3) is 3.25. The van der Waals surface area contributed by atoms with Gasteiger partial charge in [0.1, 0.15) is 11.6 Å². The number of nitrogens with zero attached hydrogens (tertiary/aromatic N) is 1. The summed E-state index contributed by atoms with van der Waals surface area (Å²) >= 11 is 11.9. The van der Waals surface area contributed by atoms with Gasteiger partial charge in [-0.3, -0.25) is 0 Å². The van der Waals surface area contributed by atoms with Crippen LogP contribution in [0.2, 0.25) is 10.0 Å². The Hall–Kier alpha value is -1.45. The summed E-state index contributed by atoms with van der Waals surface area (Å²) in [5, 5.41) is 0.905. The van der Waals surface area contributed by atoms with Gasteiger partial charge in [-0.1, -0.05) is 23.2 Å². The van der Waals surface area contributed by atoms with Gasteiger partial charge in [-0.15, -0.1) is 0 Å². The molecule has 0 aliphatic carbocycles. The number of hydrogen-bond acceptors (Lipinski definition) is 2. The fourth-order valence-corrected chi connectivity index (χ4v) is 2.74. The molecule has 21 heavy (non-hydrogen) atoms. The van der Waals surface area contributed by atoms with Crippen molar-refractivity contribution in [2.24, 2.45) is 0 Å². The summed E-state index contributed by atoms with van der Waals surface area (Å²) in [6.45, 7) is 1.84. The molecule has 110 valence electrons. The average molecular weight is 326 g/mol. The predicted molar refractivity (Wildman–Crippen MR) is 84.4 cm³/mol. The molecule has 1 saturated heterocycles. The van der Waals surface area contributed by atoms with Crippen LogP contribution >= 0.6 is 23.2 Å². The van der Waals surface area contributed by atoms with E-state index in [-0.39, 0.29) is 5.82 Å². The van der Waals surface area contributed by atoms with Crippen molar-refractivity contribution in [3.05, 3.63) is 52.3 Å². The normalized spacial score (nSPS) is 14.5. The summed E-state index contributed by atoms with van der Waals surface area (Å²) in [5.74, 6) is 0.937. The molecule has 0 spiro atoms. The Morgan fingerprint density at radius 2 is 1.71 bits per heavy atom. The summed E-state index contributed by atoms with van der Waals surface area (Å²) in [6, 6.07) is 9.63. The number of benzene rings is 2. The number of rotatable bonds is 3. The molecule has 1 aliphatic rings. The van der Waals surface area contributed by atoms with Gasteiger partial charge in [-0.05, 0) is 37.1 Å². The smallest absolute Gasteiger partial charge is 0.150 e. The molecule has 0 N–H and O–H groups in total. The average Bonchev–Trinajstić information content (AvgIpc) is 2.99. The van der Waals surface area contributed by atoms with E-state index in [1.165, 1.54) is 12.1 Å². The summed E-state index contributed by atoms with van der Waals surface area (Å²) in [6.07, 6.45) is 2.23. The lowest BCUT2D eigenvalue weighted by atomic mass is 10.2. The molecule has 2 nitrogen and oxygen atoms in total. The van der Waals surface area contributed by atoms with Gasteiger partial charge in [0.25, 0.3) is 0 Å². The Labute approximate surface area is 133 Å². The largest absolute Gasteiger partial charge is 0.455 e. The van der Waals surface area contributed by atoms with Crippen LogP contribution < -0.4 is 9.64 Å². The zero-order chi connectivity index (χ0) is 14.8. The first-order valence-corrected chi connectivity index (χ1v) is 7.56. The molecule has 0 atom stereocenters. The monoisotopic (exact) mass is 325 g/mol. The predicted octanol–water partition coefficient (Wildman–Crippen LogP) is 5.53. The second kappa shape index (κ2) is 6.12. The van der Waals surface area contributed by atoms with Crippen LogP contribution in [0.15, 0.2) is 36.4 Å². The minimum Gasteiger partial charge on any atom is -0.455 e. The van der Waals surface area contributed by atoms with Crippen molar-refractivity contribution < 1.29 is 9.13 Å². The molecule has 0 radical (unpaired) electrons. The maximum absolute atomic E-state index is 13.5. The highest BCUT2D eigenvalue weighted by Gasteiger charge is 2.18. The number of anilines is 1. The van der Waals surface area contributed by atoms with Gasteiger partial charge in [-0.2, -0.15) is 0 Å².